The first-order valence-electron chi connectivity index (χ1n) is 6.22. The first kappa shape index (κ1) is 11.4. The highest BCUT2D eigenvalue weighted by atomic mass is 16.7. The molecule has 0 aromatic rings. The third-order valence-corrected chi connectivity index (χ3v) is 3.67. The Morgan fingerprint density at radius 1 is 1.13 bits per heavy atom. The summed E-state index contributed by atoms with van der Waals surface area (Å²) in [5.74, 6) is 1.69. The van der Waals surface area contributed by atoms with Gasteiger partial charge in [0.25, 0.3) is 0 Å². The van der Waals surface area contributed by atoms with Crippen molar-refractivity contribution in [2.75, 3.05) is 19.8 Å². The van der Waals surface area contributed by atoms with Crippen LogP contribution in [0.3, 0.4) is 0 Å². The van der Waals surface area contributed by atoms with Crippen LogP contribution in [0, 0.1) is 11.8 Å². The Kier molecular flexibility index (Phi) is 4.00. The van der Waals surface area contributed by atoms with Gasteiger partial charge in [-0.3, -0.25) is 0 Å². The van der Waals surface area contributed by atoms with Gasteiger partial charge in [0.15, 0.2) is 6.29 Å². The van der Waals surface area contributed by atoms with Gasteiger partial charge in [-0.15, -0.1) is 0 Å². The molecule has 3 atom stereocenters. The normalized spacial score (nSPS) is 38.4. The summed E-state index contributed by atoms with van der Waals surface area (Å²) in [6.07, 6.45) is 4.00. The van der Waals surface area contributed by atoms with E-state index in [1.165, 1.54) is 19.3 Å². The molecule has 0 spiro atoms. The minimum absolute atomic E-state index is 0.00319. The molecule has 88 valence electrons. The van der Waals surface area contributed by atoms with Crippen LogP contribution in [0.15, 0.2) is 0 Å². The third kappa shape index (κ3) is 3.16. The van der Waals surface area contributed by atoms with Gasteiger partial charge in [-0.2, -0.15) is 0 Å². The maximum atomic E-state index is 5.42. The molecule has 2 aliphatic rings. The molecule has 1 aliphatic heterocycles. The molecule has 1 heterocycles. The van der Waals surface area contributed by atoms with E-state index in [9.17, 15) is 0 Å². The van der Waals surface area contributed by atoms with E-state index in [4.69, 9.17) is 9.47 Å². The van der Waals surface area contributed by atoms with Crippen molar-refractivity contribution in [2.45, 2.75) is 45.4 Å². The highest BCUT2D eigenvalue weighted by Gasteiger charge is 2.26. The standard InChI is InChI=1S/C12H23NO2/c1-9-3-4-11(10(2)7-9)13-8-12-14-5-6-15-12/h9-13H,3-8H2,1-2H3. The zero-order chi connectivity index (χ0) is 10.7. The van der Waals surface area contributed by atoms with Gasteiger partial charge in [0.1, 0.15) is 0 Å². The van der Waals surface area contributed by atoms with Crippen molar-refractivity contribution in [1.82, 2.24) is 5.32 Å². The van der Waals surface area contributed by atoms with Crippen LogP contribution in [0.1, 0.15) is 33.1 Å². The van der Waals surface area contributed by atoms with Crippen LogP contribution in [0.4, 0.5) is 0 Å². The van der Waals surface area contributed by atoms with Crippen molar-refractivity contribution >= 4 is 0 Å². The van der Waals surface area contributed by atoms with Crippen molar-refractivity contribution in [3.63, 3.8) is 0 Å². The molecule has 1 aliphatic carbocycles. The van der Waals surface area contributed by atoms with Gasteiger partial charge >= 0.3 is 0 Å². The van der Waals surface area contributed by atoms with E-state index < -0.39 is 0 Å². The molecule has 1 saturated carbocycles. The molecule has 3 unspecified atom stereocenters. The van der Waals surface area contributed by atoms with Crippen LogP contribution in [0.25, 0.3) is 0 Å². The molecule has 2 rings (SSSR count). The first-order valence-corrected chi connectivity index (χ1v) is 6.22. The van der Waals surface area contributed by atoms with E-state index in [0.29, 0.717) is 6.04 Å². The number of hydrogen-bond donors (Lipinski definition) is 1. The highest BCUT2D eigenvalue weighted by Crippen LogP contribution is 2.28. The summed E-state index contributed by atoms with van der Waals surface area (Å²) in [7, 11) is 0. The van der Waals surface area contributed by atoms with Crippen LogP contribution >= 0.6 is 0 Å². The van der Waals surface area contributed by atoms with E-state index in [2.05, 4.69) is 19.2 Å². The SMILES string of the molecule is CC1CCC(NCC2OCCO2)C(C)C1. The fourth-order valence-electron chi connectivity index (χ4n) is 2.74. The van der Waals surface area contributed by atoms with E-state index in [1.807, 2.05) is 0 Å². The molecular formula is C12H23NO2. The van der Waals surface area contributed by atoms with Gasteiger partial charge in [0, 0.05) is 12.6 Å². The van der Waals surface area contributed by atoms with E-state index in [1.54, 1.807) is 0 Å². The van der Waals surface area contributed by atoms with Crippen molar-refractivity contribution in [3.8, 4) is 0 Å². The number of ether oxygens (including phenoxy) is 2. The Morgan fingerprint density at radius 2 is 1.87 bits per heavy atom. The Morgan fingerprint density at radius 3 is 2.53 bits per heavy atom. The number of hydrogen-bond acceptors (Lipinski definition) is 3. The molecule has 0 aromatic heterocycles. The summed E-state index contributed by atoms with van der Waals surface area (Å²) in [5, 5.41) is 3.58. The Balaban J connectivity index is 1.69. The van der Waals surface area contributed by atoms with Crippen LogP contribution in [-0.2, 0) is 9.47 Å². The predicted molar refractivity (Wildman–Crippen MR) is 59.7 cm³/mol. The summed E-state index contributed by atoms with van der Waals surface area (Å²) in [5.41, 5.74) is 0. The molecule has 0 amide bonds. The van der Waals surface area contributed by atoms with Crippen LogP contribution in [0.2, 0.25) is 0 Å². The summed E-state index contributed by atoms with van der Waals surface area (Å²) >= 11 is 0. The van der Waals surface area contributed by atoms with Gasteiger partial charge in [-0.25, -0.2) is 0 Å². The smallest absolute Gasteiger partial charge is 0.170 e. The lowest BCUT2D eigenvalue weighted by molar-refractivity contribution is -0.0425. The number of nitrogens with one attached hydrogen (secondary N) is 1. The molecule has 15 heavy (non-hydrogen) atoms. The highest BCUT2D eigenvalue weighted by molar-refractivity contribution is 4.81. The Hall–Kier alpha value is -0.120. The fraction of sp³-hybridized carbons (Fsp3) is 1.00. The molecule has 1 N–H and O–H groups in total. The largest absolute Gasteiger partial charge is 0.349 e. The van der Waals surface area contributed by atoms with Gasteiger partial charge < -0.3 is 14.8 Å². The molecule has 0 bridgehead atoms. The maximum absolute atomic E-state index is 5.42. The van der Waals surface area contributed by atoms with Gasteiger partial charge in [-0.05, 0) is 31.1 Å². The minimum Gasteiger partial charge on any atom is -0.349 e. The molecule has 2 fully saturated rings. The van der Waals surface area contributed by atoms with Gasteiger partial charge in [0.05, 0.1) is 13.2 Å². The molecule has 1 saturated heterocycles. The lowest BCUT2D eigenvalue weighted by Gasteiger charge is -2.33. The zero-order valence-electron chi connectivity index (χ0n) is 9.87. The average molecular weight is 213 g/mol. The first-order chi connectivity index (χ1) is 7.25. The molecule has 0 aromatic carbocycles. The summed E-state index contributed by atoms with van der Waals surface area (Å²) in [6, 6.07) is 0.661. The van der Waals surface area contributed by atoms with Gasteiger partial charge in [0.2, 0.25) is 0 Å². The second-order valence-electron chi connectivity index (χ2n) is 5.08. The van der Waals surface area contributed by atoms with E-state index in [-0.39, 0.29) is 6.29 Å². The predicted octanol–water partition coefficient (Wildman–Crippen LogP) is 1.77. The second kappa shape index (κ2) is 5.28. The van der Waals surface area contributed by atoms with E-state index in [0.717, 1.165) is 31.6 Å². The second-order valence-corrected chi connectivity index (χ2v) is 5.08. The van der Waals surface area contributed by atoms with Crippen molar-refractivity contribution < 1.29 is 9.47 Å². The lowest BCUT2D eigenvalue weighted by Crippen LogP contribution is -2.42. The molecule has 3 nitrogen and oxygen atoms in total. The summed E-state index contributed by atoms with van der Waals surface area (Å²) in [4.78, 5) is 0. The average Bonchev–Trinajstić information content (AvgIpc) is 2.69. The minimum atomic E-state index is -0.00319. The van der Waals surface area contributed by atoms with Crippen molar-refractivity contribution in [2.24, 2.45) is 11.8 Å². The molecule has 3 heteroatoms. The van der Waals surface area contributed by atoms with Gasteiger partial charge in [-0.1, -0.05) is 13.8 Å². The Labute approximate surface area is 92.5 Å². The quantitative estimate of drug-likeness (QED) is 0.775. The summed E-state index contributed by atoms with van der Waals surface area (Å²) < 4.78 is 10.8. The topological polar surface area (TPSA) is 30.5 Å². The third-order valence-electron chi connectivity index (χ3n) is 3.67. The van der Waals surface area contributed by atoms with E-state index >= 15 is 0 Å². The van der Waals surface area contributed by atoms with Crippen LogP contribution in [-0.4, -0.2) is 32.1 Å². The zero-order valence-corrected chi connectivity index (χ0v) is 9.87. The number of rotatable bonds is 3. The lowest BCUT2D eigenvalue weighted by atomic mass is 9.80. The fourth-order valence-corrected chi connectivity index (χ4v) is 2.74. The molecule has 0 radical (unpaired) electrons. The van der Waals surface area contributed by atoms with Crippen LogP contribution in [0.5, 0.6) is 0 Å². The van der Waals surface area contributed by atoms with Crippen LogP contribution < -0.4 is 5.32 Å². The molecular weight excluding hydrogens is 190 g/mol. The Bertz CT molecular complexity index is 192. The monoisotopic (exact) mass is 213 g/mol. The van der Waals surface area contributed by atoms with Crippen molar-refractivity contribution in [1.29, 1.82) is 0 Å². The summed E-state index contributed by atoms with van der Waals surface area (Å²) in [6.45, 7) is 7.07. The maximum Gasteiger partial charge on any atom is 0.170 e. The van der Waals surface area contributed by atoms with Crippen molar-refractivity contribution in [3.05, 3.63) is 0 Å².